The molecular formula is C24H22FN5O. The Kier molecular flexibility index (Phi) is 4.54. The molecule has 31 heavy (non-hydrogen) atoms. The van der Waals surface area contributed by atoms with Gasteiger partial charge in [0.05, 0.1) is 0 Å². The minimum atomic E-state index is -0.266. The lowest BCUT2D eigenvalue weighted by Crippen LogP contribution is -2.34. The van der Waals surface area contributed by atoms with Crippen LogP contribution in [0.1, 0.15) is 28.1 Å². The summed E-state index contributed by atoms with van der Waals surface area (Å²) >= 11 is 0. The number of aromatic nitrogens is 4. The number of aryl methyl sites for hydroxylation is 2. The van der Waals surface area contributed by atoms with Gasteiger partial charge in [0.2, 0.25) is 0 Å². The van der Waals surface area contributed by atoms with Crippen LogP contribution in [0.3, 0.4) is 0 Å². The predicted octanol–water partition coefficient (Wildman–Crippen LogP) is 3.78. The molecule has 0 unspecified atom stereocenters. The van der Waals surface area contributed by atoms with Crippen molar-refractivity contribution in [2.75, 3.05) is 11.4 Å². The number of nitrogens with zero attached hydrogens (tertiary/aromatic N) is 5. The zero-order valence-corrected chi connectivity index (χ0v) is 17.7. The first-order valence-electron chi connectivity index (χ1n) is 10.3. The number of pyridine rings is 1. The van der Waals surface area contributed by atoms with Crippen LogP contribution in [0.4, 0.5) is 10.2 Å². The van der Waals surface area contributed by atoms with Crippen molar-refractivity contribution in [1.82, 2.24) is 19.6 Å². The Labute approximate surface area is 179 Å². The van der Waals surface area contributed by atoms with Crippen molar-refractivity contribution in [2.24, 2.45) is 0 Å². The summed E-state index contributed by atoms with van der Waals surface area (Å²) in [5.41, 5.74) is 6.87. The van der Waals surface area contributed by atoms with E-state index in [1.807, 2.05) is 26.8 Å². The topological polar surface area (TPSA) is 63.4 Å². The largest absolute Gasteiger partial charge is 0.350 e. The van der Waals surface area contributed by atoms with E-state index in [0.717, 1.165) is 52.3 Å². The van der Waals surface area contributed by atoms with Crippen LogP contribution < -0.4 is 10.5 Å². The summed E-state index contributed by atoms with van der Waals surface area (Å²) in [7, 11) is 0. The molecule has 5 rings (SSSR count). The van der Waals surface area contributed by atoms with E-state index in [0.29, 0.717) is 17.9 Å². The van der Waals surface area contributed by atoms with Crippen molar-refractivity contribution in [1.29, 1.82) is 0 Å². The van der Waals surface area contributed by atoms with Gasteiger partial charge in [-0.25, -0.2) is 9.37 Å². The van der Waals surface area contributed by atoms with Crippen molar-refractivity contribution < 1.29 is 4.39 Å². The van der Waals surface area contributed by atoms with Crippen LogP contribution in [0.5, 0.6) is 0 Å². The van der Waals surface area contributed by atoms with Gasteiger partial charge in [0.25, 0.3) is 5.56 Å². The minimum absolute atomic E-state index is 0.181. The predicted molar refractivity (Wildman–Crippen MR) is 118 cm³/mol. The van der Waals surface area contributed by atoms with E-state index in [-0.39, 0.29) is 11.4 Å². The molecule has 3 aromatic heterocycles. The lowest BCUT2D eigenvalue weighted by molar-refractivity contribution is 0.628. The van der Waals surface area contributed by atoms with Crippen molar-refractivity contribution in [3.63, 3.8) is 0 Å². The molecule has 0 aliphatic carbocycles. The van der Waals surface area contributed by atoms with Gasteiger partial charge in [0.15, 0.2) is 11.5 Å². The van der Waals surface area contributed by atoms with Crippen molar-refractivity contribution in [2.45, 2.75) is 33.7 Å². The van der Waals surface area contributed by atoms with Gasteiger partial charge in [-0.05, 0) is 50.1 Å². The molecule has 7 heteroatoms. The van der Waals surface area contributed by atoms with Gasteiger partial charge in [0, 0.05) is 59.9 Å². The van der Waals surface area contributed by atoms with Crippen LogP contribution in [0.25, 0.3) is 16.8 Å². The van der Waals surface area contributed by atoms with E-state index in [2.05, 4.69) is 26.0 Å². The second-order valence-corrected chi connectivity index (χ2v) is 8.06. The smallest absolute Gasteiger partial charge is 0.274 e. The number of rotatable bonds is 2. The molecule has 4 aromatic rings. The van der Waals surface area contributed by atoms with Gasteiger partial charge in [-0.3, -0.25) is 9.78 Å². The highest BCUT2D eigenvalue weighted by Gasteiger charge is 2.23. The fourth-order valence-electron chi connectivity index (χ4n) is 4.17. The fraction of sp³-hybridized carbons (Fsp3) is 0.250. The number of fused-ring (bicyclic) bond motifs is 2. The SMILES string of the molecule is Cc1cc(=O)n2nc(N3CCc4ncc(-c5cccc(F)c5)cc4C3)c(C)c(C)c2n1. The number of hydrogen-bond donors (Lipinski definition) is 0. The molecule has 4 heterocycles. The zero-order chi connectivity index (χ0) is 21.7. The second-order valence-electron chi connectivity index (χ2n) is 8.06. The summed E-state index contributed by atoms with van der Waals surface area (Å²) in [6.45, 7) is 7.19. The maximum atomic E-state index is 13.7. The first-order chi connectivity index (χ1) is 14.9. The molecule has 0 atom stereocenters. The molecule has 0 amide bonds. The monoisotopic (exact) mass is 415 g/mol. The van der Waals surface area contributed by atoms with Gasteiger partial charge >= 0.3 is 0 Å². The molecule has 0 radical (unpaired) electrons. The molecular weight excluding hydrogens is 393 g/mol. The number of halogens is 1. The van der Waals surface area contributed by atoms with Gasteiger partial charge in [-0.1, -0.05) is 12.1 Å². The van der Waals surface area contributed by atoms with E-state index < -0.39 is 0 Å². The summed E-state index contributed by atoms with van der Waals surface area (Å²) in [6.07, 6.45) is 2.58. The van der Waals surface area contributed by atoms with Crippen molar-refractivity contribution in [3.8, 4) is 11.1 Å². The maximum Gasteiger partial charge on any atom is 0.274 e. The van der Waals surface area contributed by atoms with Crippen LogP contribution in [0, 0.1) is 26.6 Å². The summed E-state index contributed by atoms with van der Waals surface area (Å²) in [4.78, 5) is 23.8. The molecule has 0 saturated carbocycles. The molecule has 6 nitrogen and oxygen atoms in total. The third kappa shape index (κ3) is 3.36. The van der Waals surface area contributed by atoms with E-state index in [9.17, 15) is 9.18 Å². The van der Waals surface area contributed by atoms with E-state index in [4.69, 9.17) is 0 Å². The molecule has 1 aromatic carbocycles. The first kappa shape index (κ1) is 19.4. The van der Waals surface area contributed by atoms with Gasteiger partial charge in [-0.2, -0.15) is 4.52 Å². The molecule has 156 valence electrons. The Bertz CT molecular complexity index is 1400. The molecule has 0 fully saturated rings. The lowest BCUT2D eigenvalue weighted by Gasteiger charge is -2.31. The van der Waals surface area contributed by atoms with E-state index in [1.165, 1.54) is 22.7 Å². The lowest BCUT2D eigenvalue weighted by atomic mass is 9.99. The summed E-state index contributed by atoms with van der Waals surface area (Å²) < 4.78 is 15.1. The molecule has 1 aliphatic heterocycles. The maximum absolute atomic E-state index is 13.7. The highest BCUT2D eigenvalue weighted by molar-refractivity contribution is 5.65. The van der Waals surface area contributed by atoms with Crippen LogP contribution in [-0.4, -0.2) is 26.1 Å². The fourth-order valence-corrected chi connectivity index (χ4v) is 4.17. The van der Waals surface area contributed by atoms with E-state index >= 15 is 0 Å². The standard InChI is InChI=1S/C24H22FN5O/c1-14-9-22(31)30-23(27-14)15(2)16(3)24(28-30)29-8-7-21-19(13-29)10-18(12-26-21)17-5-4-6-20(25)11-17/h4-6,9-12H,7-8,13H2,1-3H3. The average molecular weight is 415 g/mol. The van der Waals surface area contributed by atoms with Crippen LogP contribution >= 0.6 is 0 Å². The Hall–Kier alpha value is -3.61. The highest BCUT2D eigenvalue weighted by atomic mass is 19.1. The summed E-state index contributed by atoms with van der Waals surface area (Å²) in [5.74, 6) is 0.511. The number of hydrogen-bond acceptors (Lipinski definition) is 5. The zero-order valence-electron chi connectivity index (χ0n) is 17.7. The third-order valence-electron chi connectivity index (χ3n) is 5.95. The van der Waals surface area contributed by atoms with Gasteiger partial charge in [0.1, 0.15) is 5.82 Å². The number of benzene rings is 1. The van der Waals surface area contributed by atoms with Crippen LogP contribution in [0.2, 0.25) is 0 Å². The molecule has 0 spiro atoms. The molecule has 0 saturated heterocycles. The summed E-state index contributed by atoms with van der Waals surface area (Å²) in [6, 6.07) is 10.1. The first-order valence-corrected chi connectivity index (χ1v) is 10.3. The van der Waals surface area contributed by atoms with Crippen molar-refractivity contribution >= 4 is 11.5 Å². The van der Waals surface area contributed by atoms with Crippen LogP contribution in [0.15, 0.2) is 47.4 Å². The quantitative estimate of drug-likeness (QED) is 0.499. The van der Waals surface area contributed by atoms with Gasteiger partial charge in [-0.15, -0.1) is 5.10 Å². The molecule has 0 N–H and O–H groups in total. The normalized spacial score (nSPS) is 13.5. The Morgan fingerprint density at radius 2 is 1.87 bits per heavy atom. The second kappa shape index (κ2) is 7.27. The molecule has 0 bridgehead atoms. The third-order valence-corrected chi connectivity index (χ3v) is 5.95. The van der Waals surface area contributed by atoms with Crippen molar-refractivity contribution in [3.05, 3.63) is 86.8 Å². The Morgan fingerprint density at radius 1 is 1.03 bits per heavy atom. The molecule has 1 aliphatic rings. The Morgan fingerprint density at radius 3 is 2.68 bits per heavy atom. The summed E-state index contributed by atoms with van der Waals surface area (Å²) in [5, 5.41) is 4.66. The Balaban J connectivity index is 1.56. The van der Waals surface area contributed by atoms with E-state index in [1.54, 1.807) is 12.3 Å². The van der Waals surface area contributed by atoms with Gasteiger partial charge < -0.3 is 4.90 Å². The minimum Gasteiger partial charge on any atom is -0.350 e. The highest BCUT2D eigenvalue weighted by Crippen LogP contribution is 2.29. The van der Waals surface area contributed by atoms with Crippen LogP contribution in [-0.2, 0) is 13.0 Å². The number of anilines is 1. The average Bonchev–Trinajstić information content (AvgIpc) is 2.76.